The van der Waals surface area contributed by atoms with Crippen molar-refractivity contribution in [2.75, 3.05) is 0 Å². The van der Waals surface area contributed by atoms with Crippen LogP contribution in [-0.2, 0) is 13.0 Å². The molecule has 0 radical (unpaired) electrons. The number of benzene rings is 2. The number of carboxylic acids is 1. The molecule has 0 spiro atoms. The number of aromatic nitrogens is 7. The summed E-state index contributed by atoms with van der Waals surface area (Å²) >= 11 is 13.7. The number of aromatic carboxylic acids is 1. The molecule has 184 valence electrons. The van der Waals surface area contributed by atoms with E-state index in [0.29, 0.717) is 18.1 Å². The second-order valence-corrected chi connectivity index (χ2v) is 10.1. The van der Waals surface area contributed by atoms with Crippen molar-refractivity contribution in [1.29, 1.82) is 0 Å². The molecule has 38 heavy (non-hydrogen) atoms. The van der Waals surface area contributed by atoms with Gasteiger partial charge in [0.15, 0.2) is 5.15 Å². The molecule has 9 nitrogen and oxygen atoms in total. The normalized spacial score (nSPS) is 10.8. The number of nitrogens with zero attached hydrogens (tertiary/aromatic N) is 6. The first-order chi connectivity index (χ1) is 17.4. The summed E-state index contributed by atoms with van der Waals surface area (Å²) < 4.78 is 5.31. The number of aryl methyl sites for hydroxylation is 1. The van der Waals surface area contributed by atoms with Gasteiger partial charge in [-0.3, -0.25) is 0 Å². The molecule has 0 atom stereocenters. The van der Waals surface area contributed by atoms with E-state index in [0.717, 1.165) is 49.6 Å². The van der Waals surface area contributed by atoms with Gasteiger partial charge >= 0.3 is 37.7 Å². The minimum absolute atomic E-state index is 0. The number of unbranched alkanes of at least 4 members (excludes halogenated alkanes) is 1. The molecule has 3 heterocycles. The summed E-state index contributed by atoms with van der Waals surface area (Å²) in [5.74, 6) is -0.261. The van der Waals surface area contributed by atoms with Crippen molar-refractivity contribution in [3.05, 3.63) is 73.8 Å². The van der Waals surface area contributed by atoms with Crippen molar-refractivity contribution in [3.63, 3.8) is 0 Å². The van der Waals surface area contributed by atoms with Crippen molar-refractivity contribution in [2.45, 2.75) is 32.7 Å². The fraction of sp³-hybridized carbons (Fsp3) is 0.208. The number of halogens is 3. The molecule has 5 aromatic rings. The molecule has 3 aromatic heterocycles. The number of carboxylic acid groups (broad SMARTS) is 1. The van der Waals surface area contributed by atoms with Crippen LogP contribution in [0.1, 0.15) is 41.6 Å². The molecule has 5 rings (SSSR count). The molecule has 0 aliphatic rings. The van der Waals surface area contributed by atoms with E-state index in [1.165, 1.54) is 0 Å². The minimum Gasteiger partial charge on any atom is -0.543 e. The predicted octanol–water partition coefficient (Wildman–Crippen LogP) is -1.05. The second-order valence-electron chi connectivity index (χ2n) is 8.15. The SMILES string of the molecule is CCCCc1nc(Cl)c(C(=O)[O-])n1Cc1cccc2c1c(Br)c(Br)n2-c1ccccc1-c1nn[nH]n1.[Li+].[Li+]. The summed E-state index contributed by atoms with van der Waals surface area (Å²) in [5.41, 5.74) is 3.33. The van der Waals surface area contributed by atoms with Crippen LogP contribution in [0.2, 0.25) is 5.15 Å². The van der Waals surface area contributed by atoms with Crippen LogP contribution in [0.3, 0.4) is 0 Å². The van der Waals surface area contributed by atoms with Crippen LogP contribution in [0.5, 0.6) is 0 Å². The van der Waals surface area contributed by atoms with Gasteiger partial charge in [0.05, 0.1) is 28.2 Å². The molecule has 0 saturated heterocycles. The average molecular weight is 647 g/mol. The first-order valence-corrected chi connectivity index (χ1v) is 13.2. The molecule has 0 aliphatic heterocycles. The average Bonchev–Trinajstić information content (AvgIpc) is 3.56. The number of hydrogen-bond donors (Lipinski definition) is 1. The Morgan fingerprint density at radius 3 is 2.58 bits per heavy atom. The van der Waals surface area contributed by atoms with Crippen molar-refractivity contribution < 1.29 is 47.6 Å². The van der Waals surface area contributed by atoms with E-state index in [4.69, 9.17) is 11.6 Å². The van der Waals surface area contributed by atoms with Crippen LogP contribution < -0.4 is 42.8 Å². The number of H-pyrrole nitrogens is 1. The number of fused-ring (bicyclic) bond motifs is 1. The van der Waals surface area contributed by atoms with Gasteiger partial charge in [-0.2, -0.15) is 5.21 Å². The Morgan fingerprint density at radius 2 is 1.89 bits per heavy atom. The van der Waals surface area contributed by atoms with E-state index in [1.807, 2.05) is 47.0 Å². The smallest absolute Gasteiger partial charge is 0.543 e. The Hall–Kier alpha value is -1.83. The van der Waals surface area contributed by atoms with Crippen LogP contribution in [-0.4, -0.2) is 40.7 Å². The number of aromatic amines is 1. The number of carbonyl (C=O) groups excluding carboxylic acids is 1. The maximum Gasteiger partial charge on any atom is 1.00 e. The fourth-order valence-electron chi connectivity index (χ4n) is 4.36. The van der Waals surface area contributed by atoms with Crippen molar-refractivity contribution >= 4 is 60.3 Å². The van der Waals surface area contributed by atoms with Gasteiger partial charge in [0.25, 0.3) is 0 Å². The third-order valence-corrected chi connectivity index (χ3v) is 8.30. The number of hydrogen-bond acceptors (Lipinski definition) is 6. The molecule has 0 saturated carbocycles. The first-order valence-electron chi connectivity index (χ1n) is 11.2. The van der Waals surface area contributed by atoms with Crippen LogP contribution in [0.25, 0.3) is 28.0 Å². The number of rotatable bonds is 8. The molecule has 0 unspecified atom stereocenters. The summed E-state index contributed by atoms with van der Waals surface area (Å²) in [5, 5.41) is 27.3. The second kappa shape index (κ2) is 13.0. The van der Waals surface area contributed by atoms with E-state index in [9.17, 15) is 9.90 Å². The van der Waals surface area contributed by atoms with E-state index in [2.05, 4.69) is 64.4 Å². The number of carbonyl (C=O) groups is 1. The van der Waals surface area contributed by atoms with Crippen LogP contribution >= 0.6 is 43.5 Å². The quantitative estimate of drug-likeness (QED) is 0.215. The first kappa shape index (κ1) is 30.7. The van der Waals surface area contributed by atoms with Crippen molar-refractivity contribution in [1.82, 2.24) is 34.7 Å². The topological polar surface area (TPSA) is 117 Å². The Balaban J connectivity index is 0.00000200. The Kier molecular flexibility index (Phi) is 10.5. The maximum absolute atomic E-state index is 11.9. The third-order valence-electron chi connectivity index (χ3n) is 5.98. The molecule has 0 aliphatic carbocycles. The standard InChI is InChI=1S/C24H20Br2ClN7O2.2Li/c1-2-3-11-17-28-22(27)20(24(35)36)33(17)12-13-7-6-10-16-18(13)19(25)21(26)34(16)15-9-5-4-8-14(15)23-29-31-32-30-23;;/h4-10H,2-3,11-12H2,1H3,(H,35,36)(H,29,30,31,32);;/q;2*+1/p-1. The maximum atomic E-state index is 11.9. The van der Waals surface area contributed by atoms with Gasteiger partial charge in [-0.1, -0.05) is 49.2 Å². The summed E-state index contributed by atoms with van der Waals surface area (Å²) in [4.78, 5) is 16.3. The fourth-order valence-corrected chi connectivity index (χ4v) is 5.85. The predicted molar refractivity (Wildman–Crippen MR) is 141 cm³/mol. The monoisotopic (exact) mass is 644 g/mol. The number of para-hydroxylation sites is 1. The Morgan fingerprint density at radius 1 is 1.13 bits per heavy atom. The van der Waals surface area contributed by atoms with Gasteiger partial charge in [0, 0.05) is 17.4 Å². The third kappa shape index (κ3) is 5.57. The van der Waals surface area contributed by atoms with Crippen LogP contribution in [0.4, 0.5) is 0 Å². The molecule has 14 heteroatoms. The van der Waals surface area contributed by atoms with E-state index in [1.54, 1.807) is 4.57 Å². The van der Waals surface area contributed by atoms with Gasteiger partial charge in [0.1, 0.15) is 16.1 Å². The van der Waals surface area contributed by atoms with Crippen LogP contribution in [0, 0.1) is 0 Å². The summed E-state index contributed by atoms with van der Waals surface area (Å²) in [6.45, 7) is 2.33. The molecular formula is C24H19Br2ClLi2N7O2+. The van der Waals surface area contributed by atoms with E-state index in [-0.39, 0.29) is 55.1 Å². The van der Waals surface area contributed by atoms with Crippen molar-refractivity contribution in [2.24, 2.45) is 0 Å². The molecular weight excluding hydrogens is 627 g/mol. The molecule has 0 bridgehead atoms. The zero-order valence-corrected chi connectivity index (χ0v) is 24.9. The molecule has 0 amide bonds. The summed E-state index contributed by atoms with van der Waals surface area (Å²) in [6.07, 6.45) is 2.42. The summed E-state index contributed by atoms with van der Waals surface area (Å²) in [6, 6.07) is 13.7. The van der Waals surface area contributed by atoms with Gasteiger partial charge in [-0.25, -0.2) is 4.98 Å². The van der Waals surface area contributed by atoms with Gasteiger partial charge in [-0.05, 0) is 67.3 Å². The molecule has 0 fully saturated rings. The number of tetrazole rings is 1. The number of nitrogens with one attached hydrogen (secondary N) is 1. The van der Waals surface area contributed by atoms with Gasteiger partial charge < -0.3 is 19.0 Å². The minimum atomic E-state index is -1.35. The summed E-state index contributed by atoms with van der Waals surface area (Å²) in [7, 11) is 0. The van der Waals surface area contributed by atoms with Gasteiger partial charge in [-0.15, -0.1) is 10.2 Å². The zero-order chi connectivity index (χ0) is 25.4. The molecule has 1 N–H and O–H groups in total. The van der Waals surface area contributed by atoms with E-state index >= 15 is 0 Å². The largest absolute Gasteiger partial charge is 1.00 e. The Bertz CT molecular complexity index is 1590. The molecule has 2 aromatic carbocycles. The van der Waals surface area contributed by atoms with E-state index < -0.39 is 5.97 Å². The number of imidazole rings is 1. The van der Waals surface area contributed by atoms with Crippen molar-refractivity contribution in [3.8, 4) is 17.1 Å². The van der Waals surface area contributed by atoms with Crippen LogP contribution in [0.15, 0.2) is 51.5 Å². The van der Waals surface area contributed by atoms with Gasteiger partial charge in [0.2, 0.25) is 5.82 Å². The zero-order valence-electron chi connectivity index (χ0n) is 21.0. The Labute approximate surface area is 264 Å².